The molecule has 0 aliphatic carbocycles. The molecule has 0 N–H and O–H groups in total. The van der Waals surface area contributed by atoms with Gasteiger partial charge in [-0.05, 0) is 28.5 Å². The summed E-state index contributed by atoms with van der Waals surface area (Å²) < 4.78 is 23.4. The van der Waals surface area contributed by atoms with Gasteiger partial charge in [0.1, 0.15) is 0 Å². The lowest BCUT2D eigenvalue weighted by Gasteiger charge is -2.18. The van der Waals surface area contributed by atoms with Crippen LogP contribution in [0.5, 0.6) is 0 Å². The topological polar surface area (TPSA) is 67.3 Å². The van der Waals surface area contributed by atoms with Crippen LogP contribution in [0.2, 0.25) is 0 Å². The molecular weight excluding hydrogens is 440 g/mol. The van der Waals surface area contributed by atoms with Gasteiger partial charge in [-0.3, -0.25) is 9.69 Å². The molecule has 3 aromatic carbocycles. The molecule has 4 aromatic rings. The summed E-state index contributed by atoms with van der Waals surface area (Å²) >= 11 is 1.37. The van der Waals surface area contributed by atoms with Gasteiger partial charge < -0.3 is 0 Å². The summed E-state index contributed by atoms with van der Waals surface area (Å²) in [6, 6.07) is 20.6. The molecule has 7 heteroatoms. The van der Waals surface area contributed by atoms with Crippen molar-refractivity contribution >= 4 is 43.0 Å². The second kappa shape index (κ2) is 9.06. The summed E-state index contributed by atoms with van der Waals surface area (Å²) in [6.45, 7) is 4.14. The first-order chi connectivity index (χ1) is 15.4. The minimum atomic E-state index is -3.26. The molecule has 0 unspecified atom stereocenters. The Kier molecular flexibility index (Phi) is 6.21. The lowest BCUT2D eigenvalue weighted by molar-refractivity contribution is -0.117. The zero-order chi connectivity index (χ0) is 22.7. The zero-order valence-corrected chi connectivity index (χ0v) is 19.2. The predicted molar refractivity (Wildman–Crippen MR) is 131 cm³/mol. The molecular formula is C25H22N2O3S2. The molecule has 0 aliphatic rings. The van der Waals surface area contributed by atoms with Crippen LogP contribution < -0.4 is 4.90 Å². The standard InChI is InChI=1S/C25H22N2O3S2/c1-3-15-27(24(28)16-20-9-6-8-18-7-4-5-10-22(18)20)25-26-23(17-31-25)19-11-13-21(14-12-19)32(2,29)30/h3-14,17H,1,15-16H2,2H3. The summed E-state index contributed by atoms with van der Waals surface area (Å²) in [5, 5.41) is 4.61. The first-order valence-corrected chi connectivity index (χ1v) is 12.8. The van der Waals surface area contributed by atoms with Crippen molar-refractivity contribution in [3.05, 3.63) is 90.3 Å². The Labute approximate surface area is 191 Å². The highest BCUT2D eigenvalue weighted by Crippen LogP contribution is 2.29. The molecule has 0 saturated heterocycles. The van der Waals surface area contributed by atoms with Crippen LogP contribution in [-0.2, 0) is 21.1 Å². The van der Waals surface area contributed by atoms with Crippen LogP contribution in [0.15, 0.2) is 89.7 Å². The average Bonchev–Trinajstić information content (AvgIpc) is 3.27. The Hall–Kier alpha value is -3.29. The molecule has 0 spiro atoms. The highest BCUT2D eigenvalue weighted by Gasteiger charge is 2.20. The summed E-state index contributed by atoms with van der Waals surface area (Å²) in [5.41, 5.74) is 2.45. The van der Waals surface area contributed by atoms with Crippen molar-refractivity contribution in [2.24, 2.45) is 0 Å². The minimum Gasteiger partial charge on any atom is -0.284 e. The van der Waals surface area contributed by atoms with Crippen LogP contribution in [0.3, 0.4) is 0 Å². The van der Waals surface area contributed by atoms with E-state index in [9.17, 15) is 13.2 Å². The van der Waals surface area contributed by atoms with E-state index in [4.69, 9.17) is 0 Å². The number of aromatic nitrogens is 1. The van der Waals surface area contributed by atoms with Gasteiger partial charge in [-0.1, -0.05) is 60.7 Å². The molecule has 0 saturated carbocycles. The molecule has 4 rings (SSSR count). The summed E-state index contributed by atoms with van der Waals surface area (Å²) in [6.07, 6.45) is 3.12. The average molecular weight is 463 g/mol. The van der Waals surface area contributed by atoms with E-state index in [1.165, 1.54) is 17.6 Å². The van der Waals surface area contributed by atoms with Crippen molar-refractivity contribution in [2.45, 2.75) is 11.3 Å². The monoisotopic (exact) mass is 462 g/mol. The number of fused-ring (bicyclic) bond motifs is 1. The summed E-state index contributed by atoms with van der Waals surface area (Å²) in [5.74, 6) is -0.0606. The van der Waals surface area contributed by atoms with Gasteiger partial charge in [0.15, 0.2) is 15.0 Å². The van der Waals surface area contributed by atoms with Gasteiger partial charge >= 0.3 is 0 Å². The van der Waals surface area contributed by atoms with E-state index in [2.05, 4.69) is 11.6 Å². The maximum Gasteiger partial charge on any atom is 0.233 e. The molecule has 32 heavy (non-hydrogen) atoms. The second-order valence-electron chi connectivity index (χ2n) is 7.42. The van der Waals surface area contributed by atoms with Gasteiger partial charge in [0.25, 0.3) is 0 Å². The van der Waals surface area contributed by atoms with Gasteiger partial charge in [-0.25, -0.2) is 13.4 Å². The van der Waals surface area contributed by atoms with Gasteiger partial charge in [-0.15, -0.1) is 17.9 Å². The minimum absolute atomic E-state index is 0.0606. The number of hydrogen-bond donors (Lipinski definition) is 0. The molecule has 0 aliphatic heterocycles. The normalized spacial score (nSPS) is 11.4. The summed E-state index contributed by atoms with van der Waals surface area (Å²) in [4.78, 5) is 19.8. The van der Waals surface area contributed by atoms with Crippen LogP contribution in [0, 0.1) is 0 Å². The van der Waals surface area contributed by atoms with Gasteiger partial charge in [0.05, 0.1) is 17.0 Å². The van der Waals surface area contributed by atoms with E-state index in [1.807, 2.05) is 47.8 Å². The van der Waals surface area contributed by atoms with E-state index in [0.29, 0.717) is 17.4 Å². The fraction of sp³-hybridized carbons (Fsp3) is 0.120. The number of amides is 1. The van der Waals surface area contributed by atoms with Crippen LogP contribution in [0.25, 0.3) is 22.0 Å². The van der Waals surface area contributed by atoms with Crippen LogP contribution >= 0.6 is 11.3 Å². The van der Waals surface area contributed by atoms with Gasteiger partial charge in [0.2, 0.25) is 5.91 Å². The van der Waals surface area contributed by atoms with Crippen molar-refractivity contribution in [1.82, 2.24) is 4.98 Å². The quantitative estimate of drug-likeness (QED) is 0.357. The fourth-order valence-corrected chi connectivity index (χ4v) is 5.01. The Morgan fingerprint density at radius 2 is 1.78 bits per heavy atom. The summed E-state index contributed by atoms with van der Waals surface area (Å²) in [7, 11) is -3.26. The number of anilines is 1. The third-order valence-electron chi connectivity index (χ3n) is 5.14. The molecule has 0 atom stereocenters. The Bertz CT molecular complexity index is 1380. The number of rotatable bonds is 7. The Morgan fingerprint density at radius 1 is 1.06 bits per heavy atom. The number of carbonyl (C=O) groups is 1. The highest BCUT2D eigenvalue weighted by molar-refractivity contribution is 7.90. The predicted octanol–water partition coefficient (Wildman–Crippen LogP) is 5.13. The van der Waals surface area contributed by atoms with Crippen molar-refractivity contribution in [3.8, 4) is 11.3 Å². The Morgan fingerprint density at radius 3 is 2.50 bits per heavy atom. The molecule has 162 valence electrons. The lowest BCUT2D eigenvalue weighted by Crippen LogP contribution is -2.32. The maximum atomic E-state index is 13.2. The number of hydrogen-bond acceptors (Lipinski definition) is 5. The van der Waals surface area contributed by atoms with Crippen LogP contribution in [0.4, 0.5) is 5.13 Å². The van der Waals surface area contributed by atoms with Crippen molar-refractivity contribution in [2.75, 3.05) is 17.7 Å². The van der Waals surface area contributed by atoms with Crippen molar-refractivity contribution in [3.63, 3.8) is 0 Å². The van der Waals surface area contributed by atoms with Crippen LogP contribution in [-0.4, -0.2) is 32.1 Å². The zero-order valence-electron chi connectivity index (χ0n) is 17.6. The molecule has 1 heterocycles. The van der Waals surface area contributed by atoms with E-state index in [-0.39, 0.29) is 17.2 Å². The number of thiazole rings is 1. The largest absolute Gasteiger partial charge is 0.284 e. The number of nitrogens with zero attached hydrogens (tertiary/aromatic N) is 2. The van der Waals surface area contributed by atoms with E-state index in [0.717, 1.165) is 21.9 Å². The molecule has 5 nitrogen and oxygen atoms in total. The first-order valence-electron chi connectivity index (χ1n) is 10.0. The smallest absolute Gasteiger partial charge is 0.233 e. The fourth-order valence-electron chi connectivity index (χ4n) is 3.51. The number of carbonyl (C=O) groups excluding carboxylic acids is 1. The highest BCUT2D eigenvalue weighted by atomic mass is 32.2. The van der Waals surface area contributed by atoms with E-state index >= 15 is 0 Å². The lowest BCUT2D eigenvalue weighted by atomic mass is 10.0. The van der Waals surface area contributed by atoms with E-state index < -0.39 is 9.84 Å². The van der Waals surface area contributed by atoms with Crippen LogP contribution in [0.1, 0.15) is 5.56 Å². The maximum absolute atomic E-state index is 13.2. The molecule has 1 amide bonds. The van der Waals surface area contributed by atoms with Gasteiger partial charge in [0, 0.05) is 23.7 Å². The SMILES string of the molecule is C=CCN(C(=O)Cc1cccc2ccccc12)c1nc(-c2ccc(S(C)(=O)=O)cc2)cs1. The molecule has 1 aromatic heterocycles. The third-order valence-corrected chi connectivity index (χ3v) is 7.13. The second-order valence-corrected chi connectivity index (χ2v) is 10.3. The molecule has 0 fully saturated rings. The number of sulfone groups is 1. The Balaban J connectivity index is 1.60. The van der Waals surface area contributed by atoms with Crippen molar-refractivity contribution < 1.29 is 13.2 Å². The first kappa shape index (κ1) is 21.9. The van der Waals surface area contributed by atoms with Gasteiger partial charge in [-0.2, -0.15) is 0 Å². The molecule has 0 bridgehead atoms. The third kappa shape index (κ3) is 4.64. The number of benzene rings is 3. The van der Waals surface area contributed by atoms with E-state index in [1.54, 1.807) is 35.2 Å². The van der Waals surface area contributed by atoms with Crippen molar-refractivity contribution in [1.29, 1.82) is 0 Å². The molecule has 0 radical (unpaired) electrons.